The number of hydrogen-bond acceptors (Lipinski definition) is 15. The number of thiazole rings is 2. The van der Waals surface area contributed by atoms with E-state index < -0.39 is 38.8 Å². The zero-order chi connectivity index (χ0) is 63.8. The number of carbonyl (C=O) groups excluding carboxylic acids is 2. The molecule has 4 aromatic rings. The van der Waals surface area contributed by atoms with Gasteiger partial charge in [0, 0.05) is 52.6 Å². The van der Waals surface area contributed by atoms with E-state index in [0.717, 1.165) is 70.8 Å². The van der Waals surface area contributed by atoms with E-state index in [0.29, 0.717) is 24.3 Å². The number of benzene rings is 2. The van der Waals surface area contributed by atoms with Crippen LogP contribution in [0.15, 0.2) is 54.4 Å². The first-order chi connectivity index (χ1) is 38.6. The Labute approximate surface area is 512 Å². The van der Waals surface area contributed by atoms with Crippen LogP contribution in [0.3, 0.4) is 0 Å². The van der Waals surface area contributed by atoms with E-state index in [2.05, 4.69) is 161 Å². The van der Waals surface area contributed by atoms with Gasteiger partial charge in [-0.05, 0) is 225 Å². The molecular formula is C63H94BF3N6O9S3. The average Bonchev–Trinajstić information content (AvgIpc) is 2.18. The molecule has 22 heteroatoms. The summed E-state index contributed by atoms with van der Waals surface area (Å²) in [6.07, 6.45) is 7.77. The molecule has 2 aromatic heterocycles. The summed E-state index contributed by atoms with van der Waals surface area (Å²) in [7, 11) is -1.68. The minimum absolute atomic E-state index is 0.00583. The molecule has 0 bridgehead atoms. The number of hydrogen-bond donors (Lipinski definition) is 0. The van der Waals surface area contributed by atoms with Crippen molar-refractivity contribution in [3.8, 4) is 0 Å². The van der Waals surface area contributed by atoms with Crippen molar-refractivity contribution in [2.75, 3.05) is 27.2 Å². The van der Waals surface area contributed by atoms with Crippen LogP contribution in [0.2, 0.25) is 0 Å². The molecule has 0 N–H and O–H groups in total. The number of nitrogens with zero attached hydrogens (tertiary/aromatic N) is 6. The second-order valence-corrected chi connectivity index (χ2v) is 33.3. The van der Waals surface area contributed by atoms with E-state index in [-0.39, 0.29) is 65.5 Å². The van der Waals surface area contributed by atoms with Gasteiger partial charge in [-0.3, -0.25) is 14.7 Å². The van der Waals surface area contributed by atoms with Gasteiger partial charge >= 0.3 is 34.9 Å². The third-order valence-corrected chi connectivity index (χ3v) is 21.0. The second kappa shape index (κ2) is 23.9. The van der Waals surface area contributed by atoms with E-state index in [4.69, 9.17) is 28.8 Å². The second-order valence-electron chi connectivity index (χ2n) is 29.7. The average molecular weight is 1240 g/mol. The molecule has 7 heterocycles. The highest BCUT2D eigenvalue weighted by Gasteiger charge is 2.53. The summed E-state index contributed by atoms with van der Waals surface area (Å²) in [6.45, 7) is 42.2. The minimum Gasteiger partial charge on any atom is -0.443 e. The first kappa shape index (κ1) is 68.2. The molecule has 3 fully saturated rings. The Morgan fingerprint density at radius 3 is 1.46 bits per heavy atom. The topological polar surface area (TPSA) is 153 Å². The van der Waals surface area contributed by atoms with Crippen LogP contribution in [0.1, 0.15) is 204 Å². The number of ether oxygens (including phenoxy) is 2. The van der Waals surface area contributed by atoms with Crippen LogP contribution in [-0.4, -0.2) is 135 Å². The monoisotopic (exact) mass is 1240 g/mol. The van der Waals surface area contributed by atoms with Crippen LogP contribution < -0.4 is 5.46 Å². The fourth-order valence-electron chi connectivity index (χ4n) is 11.9. The van der Waals surface area contributed by atoms with Gasteiger partial charge in [0.1, 0.15) is 11.2 Å². The molecule has 0 radical (unpaired) electrons. The predicted octanol–water partition coefficient (Wildman–Crippen LogP) is 15.2. The van der Waals surface area contributed by atoms with Gasteiger partial charge in [-0.2, -0.15) is 21.6 Å². The molecule has 2 atom stereocenters. The Hall–Kier alpha value is -4.32. The standard InChI is InChI=1S/C28H41N3O2S.C23H35BN2O2S.C12H18F3NO5S/c1-18-10-12-22(31(17-18)25(32)33-26(2,3)4)19-11-13-23-21(14-19)29-24(34-23)20-15-27(5,6)30(9)28(7,8)16-20;1-20(2)13-15(14-21(3,4)26(20)9)19-25-17-12-16(10-11-18(17)29-19)24-27-22(5,6)23(7,8)28-24;1-8-5-6-9(21-22(18,19)12(13,14)15)16(7-8)10(17)20-11(2,3)4/h11-14,18,20H,10,15-17H2,1-9H3;10-12,15H,13-14H2,1-9H3;6,8H,5,7H2,1-4H3/t18-;;8-/m0.0/s1. The largest absolute Gasteiger partial charge is 0.534 e. The molecule has 0 spiro atoms. The van der Waals surface area contributed by atoms with Crippen LogP contribution in [0.25, 0.3) is 26.1 Å². The quantitative estimate of drug-likeness (QED) is 0.102. The lowest BCUT2D eigenvalue weighted by Gasteiger charge is -2.53. The Morgan fingerprint density at radius 1 is 0.624 bits per heavy atom. The van der Waals surface area contributed by atoms with E-state index in [1.807, 2.05) is 43.4 Å². The molecule has 5 aliphatic heterocycles. The number of halogens is 3. The SMILES string of the molecule is CN1C(C)(C)CC(c2nc3cc(B4OC(C)(C)C(C)(C)O4)ccc3s2)CC1(C)C.C[C@H]1CC=C(OS(=O)(=O)C(F)(F)F)N(C(=O)OC(C)(C)C)C1.C[C@H]1CC=C(c2ccc3sc(C4CC(C)(C)N(C)C(C)(C)C4)nc3c2)N(C(=O)OC(C)(C)C)C1. The molecule has 0 aliphatic carbocycles. The van der Waals surface area contributed by atoms with Gasteiger partial charge in [-0.1, -0.05) is 32.1 Å². The fourth-order valence-corrected chi connectivity index (χ4v) is 14.5. The lowest BCUT2D eigenvalue weighted by molar-refractivity contribution is -0.0546. The van der Waals surface area contributed by atoms with Gasteiger partial charge in [-0.15, -0.1) is 22.7 Å². The predicted molar refractivity (Wildman–Crippen MR) is 336 cm³/mol. The summed E-state index contributed by atoms with van der Waals surface area (Å²) in [5.74, 6) is 0.587. The zero-order valence-electron chi connectivity index (χ0n) is 54.4. The fraction of sp³-hybridized carbons (Fsp3) is 0.683. The molecular weight excluding hydrogens is 1150 g/mol. The Balaban J connectivity index is 0.000000187. The smallest absolute Gasteiger partial charge is 0.443 e. The van der Waals surface area contributed by atoms with E-state index in [1.165, 1.54) is 19.4 Å². The van der Waals surface area contributed by atoms with Crippen LogP contribution in [-0.2, 0) is 33.1 Å². The van der Waals surface area contributed by atoms with Gasteiger partial charge in [-0.25, -0.2) is 24.5 Å². The molecule has 5 aliphatic rings. The third kappa shape index (κ3) is 15.8. The van der Waals surface area contributed by atoms with Crippen LogP contribution >= 0.6 is 22.7 Å². The number of allylic oxidation sites excluding steroid dienone is 2. The molecule has 2 amide bonds. The van der Waals surface area contributed by atoms with Crippen molar-refractivity contribution >= 4 is 83.7 Å². The van der Waals surface area contributed by atoms with Gasteiger partial charge < -0.3 is 23.0 Å². The van der Waals surface area contributed by atoms with Crippen LogP contribution in [0.5, 0.6) is 0 Å². The van der Waals surface area contributed by atoms with Gasteiger partial charge in [0.2, 0.25) is 5.88 Å². The number of aromatic nitrogens is 2. The van der Waals surface area contributed by atoms with Crippen molar-refractivity contribution in [2.45, 2.75) is 239 Å². The lowest BCUT2D eigenvalue weighted by atomic mass is 9.74. The number of fused-ring (bicyclic) bond motifs is 2. The Morgan fingerprint density at radius 2 is 1.02 bits per heavy atom. The van der Waals surface area contributed by atoms with Crippen molar-refractivity contribution in [1.29, 1.82) is 0 Å². The number of amides is 2. The minimum atomic E-state index is -5.84. The summed E-state index contributed by atoms with van der Waals surface area (Å²) in [5.41, 5.74) is -1.93. The number of likely N-dealkylation sites (tertiary alicyclic amines) is 2. The molecule has 0 saturated carbocycles. The third-order valence-electron chi connectivity index (χ3n) is 17.6. The van der Waals surface area contributed by atoms with Crippen molar-refractivity contribution < 1.29 is 54.1 Å². The number of rotatable bonds is 6. The first-order valence-electron chi connectivity index (χ1n) is 29.7. The van der Waals surface area contributed by atoms with Gasteiger partial charge in [0.05, 0.1) is 47.3 Å². The summed E-state index contributed by atoms with van der Waals surface area (Å²) in [4.78, 5) is 42.8. The number of piperidine rings is 2. The zero-order valence-corrected chi connectivity index (χ0v) is 56.8. The Kier molecular flexibility index (Phi) is 19.2. The normalized spacial score (nSPS) is 23.8. The molecule has 85 heavy (non-hydrogen) atoms. The molecule has 472 valence electrons. The maximum Gasteiger partial charge on any atom is 0.534 e. The highest BCUT2D eigenvalue weighted by molar-refractivity contribution is 7.87. The van der Waals surface area contributed by atoms with Crippen molar-refractivity contribution in [1.82, 2.24) is 29.6 Å². The maximum atomic E-state index is 13.0. The van der Waals surface area contributed by atoms with Gasteiger partial charge in [0.15, 0.2) is 0 Å². The van der Waals surface area contributed by atoms with Crippen molar-refractivity contribution in [2.24, 2.45) is 11.8 Å². The van der Waals surface area contributed by atoms with Crippen molar-refractivity contribution in [3.63, 3.8) is 0 Å². The Bertz CT molecular complexity index is 3230. The summed E-state index contributed by atoms with van der Waals surface area (Å²) >= 11 is 3.67. The van der Waals surface area contributed by atoms with Crippen molar-refractivity contribution in [3.05, 3.63) is 70.0 Å². The van der Waals surface area contributed by atoms with E-state index in [9.17, 15) is 31.2 Å². The summed E-state index contributed by atoms with van der Waals surface area (Å²) in [5, 5.41) is 2.50. The summed E-state index contributed by atoms with van der Waals surface area (Å²) < 4.78 is 89.1. The molecule has 2 aromatic carbocycles. The molecule has 0 unspecified atom stereocenters. The molecule has 3 saturated heterocycles. The summed E-state index contributed by atoms with van der Waals surface area (Å²) in [6, 6.07) is 12.9. The van der Waals surface area contributed by atoms with Crippen LogP contribution in [0.4, 0.5) is 22.8 Å². The highest BCUT2D eigenvalue weighted by Crippen LogP contribution is 2.48. The number of alkyl halides is 3. The highest BCUT2D eigenvalue weighted by atomic mass is 32.2. The number of carbonyl (C=O) groups is 2. The van der Waals surface area contributed by atoms with E-state index in [1.54, 1.807) is 32.6 Å². The van der Waals surface area contributed by atoms with Gasteiger partial charge in [0.25, 0.3) is 0 Å². The van der Waals surface area contributed by atoms with Crippen LogP contribution in [0, 0.1) is 11.8 Å². The molecule has 9 rings (SSSR count). The maximum absolute atomic E-state index is 13.0. The van der Waals surface area contributed by atoms with E-state index >= 15 is 0 Å². The lowest BCUT2D eigenvalue weighted by Crippen LogP contribution is -2.58. The molecule has 15 nitrogen and oxygen atoms in total. The first-order valence-corrected chi connectivity index (χ1v) is 32.7.